The summed E-state index contributed by atoms with van der Waals surface area (Å²) in [5, 5.41) is 0. The summed E-state index contributed by atoms with van der Waals surface area (Å²) in [7, 11) is -2.25. The van der Waals surface area contributed by atoms with Gasteiger partial charge in [0.15, 0.2) is 0 Å². The lowest BCUT2D eigenvalue weighted by Crippen LogP contribution is -2.42. The average molecular weight is 348 g/mol. The number of hydrogen-bond donors (Lipinski definition) is 0. The van der Waals surface area contributed by atoms with Crippen LogP contribution >= 0.6 is 22.6 Å². The first-order chi connectivity index (χ1) is 7.10. The number of alkyl halides is 1. The molecule has 0 saturated carbocycles. The van der Waals surface area contributed by atoms with E-state index in [9.17, 15) is 0 Å². The van der Waals surface area contributed by atoms with Gasteiger partial charge in [0.2, 0.25) is 0 Å². The molecule has 0 N–H and O–H groups in total. The smallest absolute Gasteiger partial charge is 0.374 e. The maximum atomic E-state index is 5.40. The van der Waals surface area contributed by atoms with Crippen LogP contribution in [0.3, 0.4) is 0 Å². The highest BCUT2D eigenvalue weighted by molar-refractivity contribution is 14.1. The highest BCUT2D eigenvalue weighted by Crippen LogP contribution is 2.08. The van der Waals surface area contributed by atoms with Crippen molar-refractivity contribution >= 4 is 31.4 Å². The lowest BCUT2D eigenvalue weighted by Gasteiger charge is -2.23. The predicted molar refractivity (Wildman–Crippen MR) is 75.7 cm³/mol. The molecule has 0 aliphatic heterocycles. The zero-order valence-electron chi connectivity index (χ0n) is 10.6. The third-order valence-electron chi connectivity index (χ3n) is 1.41. The Morgan fingerprint density at radius 2 is 1.13 bits per heavy atom. The van der Waals surface area contributed by atoms with Crippen molar-refractivity contribution in [2.45, 2.75) is 40.7 Å². The Bertz CT molecular complexity index is 106. The van der Waals surface area contributed by atoms with Crippen LogP contribution in [0.2, 0.25) is 6.55 Å². The molecule has 0 fully saturated rings. The SMILES string of the molecule is CCCI.CCO[Si](C)(OCC)OCC. The van der Waals surface area contributed by atoms with Crippen LogP contribution in [0.1, 0.15) is 34.1 Å². The van der Waals surface area contributed by atoms with Crippen LogP contribution in [-0.2, 0) is 13.3 Å². The van der Waals surface area contributed by atoms with E-state index in [1.807, 2.05) is 27.3 Å². The van der Waals surface area contributed by atoms with E-state index in [0.29, 0.717) is 19.8 Å². The maximum absolute atomic E-state index is 5.40. The zero-order chi connectivity index (χ0) is 12.2. The quantitative estimate of drug-likeness (QED) is 0.400. The summed E-state index contributed by atoms with van der Waals surface area (Å²) >= 11 is 2.35. The van der Waals surface area contributed by atoms with E-state index in [1.165, 1.54) is 10.8 Å². The van der Waals surface area contributed by atoms with Gasteiger partial charge in [0.05, 0.1) is 0 Å². The van der Waals surface area contributed by atoms with Crippen LogP contribution in [0.4, 0.5) is 0 Å². The van der Waals surface area contributed by atoms with Gasteiger partial charge in [0, 0.05) is 26.4 Å². The summed E-state index contributed by atoms with van der Waals surface area (Å²) in [5.41, 5.74) is 0. The van der Waals surface area contributed by atoms with Gasteiger partial charge in [-0.25, -0.2) is 0 Å². The lowest BCUT2D eigenvalue weighted by molar-refractivity contribution is 0.0783. The normalized spacial score (nSPS) is 10.8. The molecule has 5 heteroatoms. The first-order valence-electron chi connectivity index (χ1n) is 5.57. The molecule has 0 aliphatic carbocycles. The molecular formula is C10H25IO3Si. The molecule has 94 valence electrons. The molecule has 0 aliphatic rings. The molecule has 0 aromatic rings. The van der Waals surface area contributed by atoms with E-state index in [1.54, 1.807) is 0 Å². The Hall–Kier alpha value is 0.827. The van der Waals surface area contributed by atoms with E-state index in [4.69, 9.17) is 13.3 Å². The summed E-state index contributed by atoms with van der Waals surface area (Å²) in [6.45, 7) is 11.9. The fourth-order valence-electron chi connectivity index (χ4n) is 0.912. The van der Waals surface area contributed by atoms with Crippen LogP contribution in [-0.4, -0.2) is 33.1 Å². The standard InChI is InChI=1S/C7H18O3Si.C3H7I/c1-5-8-11(4,9-6-2)10-7-3;1-2-3-4/h5-7H2,1-4H3;2-3H2,1H3. The van der Waals surface area contributed by atoms with Crippen molar-refractivity contribution in [3.63, 3.8) is 0 Å². The predicted octanol–water partition coefficient (Wildman–Crippen LogP) is 3.50. The van der Waals surface area contributed by atoms with Gasteiger partial charge in [-0.3, -0.25) is 0 Å². The summed E-state index contributed by atoms with van der Waals surface area (Å²) in [6, 6.07) is 0. The molecule has 0 aromatic carbocycles. The van der Waals surface area contributed by atoms with Crippen LogP contribution < -0.4 is 0 Å². The van der Waals surface area contributed by atoms with Gasteiger partial charge < -0.3 is 13.3 Å². The van der Waals surface area contributed by atoms with Crippen LogP contribution in [0, 0.1) is 0 Å². The van der Waals surface area contributed by atoms with Gasteiger partial charge in [-0.05, 0) is 31.6 Å². The second-order valence-corrected chi connectivity index (χ2v) is 6.52. The summed E-state index contributed by atoms with van der Waals surface area (Å²) < 4.78 is 17.5. The number of halogens is 1. The minimum Gasteiger partial charge on any atom is -0.374 e. The number of rotatable bonds is 7. The molecule has 0 aromatic heterocycles. The molecule has 0 spiro atoms. The molecule has 0 saturated heterocycles. The maximum Gasteiger partial charge on any atom is 0.497 e. The molecule has 0 heterocycles. The third-order valence-corrected chi connectivity index (χ3v) is 4.93. The molecular weight excluding hydrogens is 323 g/mol. The van der Waals surface area contributed by atoms with E-state index in [-0.39, 0.29) is 0 Å². The Balaban J connectivity index is 0. The highest BCUT2D eigenvalue weighted by Gasteiger charge is 2.32. The van der Waals surface area contributed by atoms with Gasteiger partial charge in [-0.2, -0.15) is 0 Å². The van der Waals surface area contributed by atoms with E-state index in [0.717, 1.165) is 0 Å². The largest absolute Gasteiger partial charge is 0.497 e. The first kappa shape index (κ1) is 18.2. The summed E-state index contributed by atoms with van der Waals surface area (Å²) in [6.07, 6.45) is 1.31. The molecule has 15 heavy (non-hydrogen) atoms. The second kappa shape index (κ2) is 12.9. The van der Waals surface area contributed by atoms with E-state index in [2.05, 4.69) is 29.5 Å². The molecule has 0 bridgehead atoms. The van der Waals surface area contributed by atoms with Gasteiger partial charge in [-0.1, -0.05) is 29.5 Å². The topological polar surface area (TPSA) is 27.7 Å². The van der Waals surface area contributed by atoms with E-state index >= 15 is 0 Å². The van der Waals surface area contributed by atoms with Crippen molar-refractivity contribution in [1.29, 1.82) is 0 Å². The van der Waals surface area contributed by atoms with Crippen molar-refractivity contribution in [3.05, 3.63) is 0 Å². The Kier molecular flexibility index (Phi) is 15.6. The molecule has 3 nitrogen and oxygen atoms in total. The Morgan fingerprint density at radius 3 is 1.27 bits per heavy atom. The highest BCUT2D eigenvalue weighted by atomic mass is 127. The monoisotopic (exact) mass is 348 g/mol. The zero-order valence-corrected chi connectivity index (χ0v) is 13.8. The Labute approximate surface area is 109 Å². The van der Waals surface area contributed by atoms with Crippen molar-refractivity contribution in [1.82, 2.24) is 0 Å². The van der Waals surface area contributed by atoms with Crippen LogP contribution in [0.25, 0.3) is 0 Å². The Morgan fingerprint density at radius 1 is 0.867 bits per heavy atom. The number of hydrogen-bond acceptors (Lipinski definition) is 3. The molecule has 0 amide bonds. The molecule has 0 rings (SSSR count). The molecule has 0 radical (unpaired) electrons. The van der Waals surface area contributed by atoms with Gasteiger partial charge >= 0.3 is 8.80 Å². The minimum absolute atomic E-state index is 0.655. The van der Waals surface area contributed by atoms with Gasteiger partial charge in [-0.15, -0.1) is 0 Å². The van der Waals surface area contributed by atoms with Crippen LogP contribution in [0.5, 0.6) is 0 Å². The van der Waals surface area contributed by atoms with Crippen molar-refractivity contribution in [2.75, 3.05) is 24.2 Å². The summed E-state index contributed by atoms with van der Waals surface area (Å²) in [4.78, 5) is 0. The first-order valence-corrected chi connectivity index (χ1v) is 9.32. The van der Waals surface area contributed by atoms with Crippen molar-refractivity contribution in [2.24, 2.45) is 0 Å². The second-order valence-electron chi connectivity index (χ2n) is 2.85. The van der Waals surface area contributed by atoms with Gasteiger partial charge in [0.1, 0.15) is 0 Å². The third kappa shape index (κ3) is 12.8. The average Bonchev–Trinajstić information content (AvgIpc) is 2.19. The van der Waals surface area contributed by atoms with E-state index < -0.39 is 8.80 Å². The van der Waals surface area contributed by atoms with Crippen LogP contribution in [0.15, 0.2) is 0 Å². The summed E-state index contributed by atoms with van der Waals surface area (Å²) in [5.74, 6) is 0. The minimum atomic E-state index is -2.25. The lowest BCUT2D eigenvalue weighted by atomic mass is 10.6. The van der Waals surface area contributed by atoms with Gasteiger partial charge in [0.25, 0.3) is 0 Å². The molecule has 0 atom stereocenters. The van der Waals surface area contributed by atoms with Crippen molar-refractivity contribution in [3.8, 4) is 0 Å². The fourth-order valence-corrected chi connectivity index (χ4v) is 2.73. The van der Waals surface area contributed by atoms with Crippen molar-refractivity contribution < 1.29 is 13.3 Å². The molecule has 0 unspecified atom stereocenters. The fraction of sp³-hybridized carbons (Fsp3) is 1.00.